The van der Waals surface area contributed by atoms with E-state index in [4.69, 9.17) is 27.9 Å². The summed E-state index contributed by atoms with van der Waals surface area (Å²) in [6.45, 7) is 0.0810. The second kappa shape index (κ2) is 11.6. The number of methoxy groups -OCH3 is 1. The van der Waals surface area contributed by atoms with Crippen LogP contribution in [0.5, 0.6) is 0 Å². The van der Waals surface area contributed by atoms with Gasteiger partial charge in [0.1, 0.15) is 12.4 Å². The molecule has 186 valence electrons. The van der Waals surface area contributed by atoms with E-state index in [1.807, 2.05) is 6.07 Å². The van der Waals surface area contributed by atoms with Crippen LogP contribution in [0, 0.1) is 5.82 Å². The van der Waals surface area contributed by atoms with E-state index in [1.54, 1.807) is 60.7 Å². The van der Waals surface area contributed by atoms with Crippen LogP contribution in [0.25, 0.3) is 0 Å². The number of nitrogens with zero attached hydrogens (tertiary/aromatic N) is 3. The van der Waals surface area contributed by atoms with Gasteiger partial charge in [-0.15, -0.1) is 0 Å². The molecular formula is C27H24Cl2FN3O3. The molecule has 1 heterocycles. The van der Waals surface area contributed by atoms with Crippen molar-refractivity contribution in [1.29, 1.82) is 0 Å². The highest BCUT2D eigenvalue weighted by molar-refractivity contribution is 6.34. The molecule has 6 nitrogen and oxygen atoms in total. The van der Waals surface area contributed by atoms with E-state index in [9.17, 15) is 14.0 Å². The molecule has 4 rings (SSSR count). The van der Waals surface area contributed by atoms with Crippen molar-refractivity contribution in [3.8, 4) is 0 Å². The summed E-state index contributed by atoms with van der Waals surface area (Å²) in [6, 6.07) is 19.4. The summed E-state index contributed by atoms with van der Waals surface area (Å²) in [5.41, 5.74) is 1.83. The summed E-state index contributed by atoms with van der Waals surface area (Å²) < 4.78 is 19.9. The molecule has 0 spiro atoms. The quantitative estimate of drug-likeness (QED) is 0.383. The van der Waals surface area contributed by atoms with E-state index in [2.05, 4.69) is 5.10 Å². The van der Waals surface area contributed by atoms with Crippen LogP contribution in [0.2, 0.25) is 10.0 Å². The van der Waals surface area contributed by atoms with Crippen molar-refractivity contribution in [1.82, 2.24) is 9.91 Å². The minimum atomic E-state index is -0.690. The van der Waals surface area contributed by atoms with E-state index in [1.165, 1.54) is 23.1 Å². The molecule has 2 amide bonds. The lowest BCUT2D eigenvalue weighted by molar-refractivity contribution is -0.133. The van der Waals surface area contributed by atoms with Gasteiger partial charge < -0.3 is 9.64 Å². The fraction of sp³-hybridized carbons (Fsp3) is 0.222. The molecular weight excluding hydrogens is 504 g/mol. The van der Waals surface area contributed by atoms with Gasteiger partial charge in [0.05, 0.1) is 28.9 Å². The van der Waals surface area contributed by atoms with Crippen LogP contribution in [-0.4, -0.2) is 54.2 Å². The summed E-state index contributed by atoms with van der Waals surface area (Å²) in [5, 5.41) is 6.56. The van der Waals surface area contributed by atoms with Gasteiger partial charge in [0.2, 0.25) is 0 Å². The Bertz CT molecular complexity index is 1300. The molecule has 1 atom stereocenters. The van der Waals surface area contributed by atoms with Crippen molar-refractivity contribution in [3.63, 3.8) is 0 Å². The Balaban J connectivity index is 1.67. The van der Waals surface area contributed by atoms with Gasteiger partial charge in [-0.3, -0.25) is 9.59 Å². The van der Waals surface area contributed by atoms with E-state index in [-0.39, 0.29) is 36.7 Å². The molecule has 0 saturated carbocycles. The third-order valence-corrected chi connectivity index (χ3v) is 6.56. The molecule has 1 aliphatic heterocycles. The number of carbonyl (C=O) groups excluding carboxylic acids is 2. The molecule has 0 fully saturated rings. The first kappa shape index (κ1) is 25.8. The largest absolute Gasteiger partial charge is 0.383 e. The highest BCUT2D eigenvalue weighted by Gasteiger charge is 2.36. The van der Waals surface area contributed by atoms with Crippen LogP contribution in [0.3, 0.4) is 0 Å². The zero-order valence-electron chi connectivity index (χ0n) is 19.5. The Morgan fingerprint density at radius 1 is 1.03 bits per heavy atom. The molecule has 1 aliphatic rings. The molecule has 0 bridgehead atoms. The maximum Gasteiger partial charge on any atom is 0.262 e. The lowest BCUT2D eigenvalue weighted by Crippen LogP contribution is -2.43. The van der Waals surface area contributed by atoms with Crippen LogP contribution in [0.1, 0.15) is 33.9 Å². The summed E-state index contributed by atoms with van der Waals surface area (Å²) in [7, 11) is 1.51. The number of halogens is 3. The Morgan fingerprint density at radius 3 is 2.39 bits per heavy atom. The molecule has 0 aromatic heterocycles. The molecule has 3 aromatic rings. The van der Waals surface area contributed by atoms with Crippen molar-refractivity contribution in [3.05, 3.63) is 105 Å². The Labute approximate surface area is 218 Å². The first-order valence-electron chi connectivity index (χ1n) is 11.3. The first-order chi connectivity index (χ1) is 17.4. The van der Waals surface area contributed by atoms with E-state index >= 15 is 0 Å². The highest BCUT2D eigenvalue weighted by Crippen LogP contribution is 2.35. The number of hydrogen-bond donors (Lipinski definition) is 0. The van der Waals surface area contributed by atoms with Gasteiger partial charge in [0.15, 0.2) is 0 Å². The fourth-order valence-corrected chi connectivity index (χ4v) is 4.54. The minimum Gasteiger partial charge on any atom is -0.383 e. The third kappa shape index (κ3) is 5.59. The van der Waals surface area contributed by atoms with E-state index < -0.39 is 23.7 Å². The predicted octanol–water partition coefficient (Wildman–Crippen LogP) is 5.60. The van der Waals surface area contributed by atoms with Crippen LogP contribution < -0.4 is 0 Å². The zero-order valence-corrected chi connectivity index (χ0v) is 21.0. The maximum absolute atomic E-state index is 14.8. The van der Waals surface area contributed by atoms with Crippen molar-refractivity contribution < 1.29 is 18.7 Å². The number of amides is 2. The third-order valence-electron chi connectivity index (χ3n) is 5.90. The van der Waals surface area contributed by atoms with Crippen LogP contribution in [-0.2, 0) is 9.53 Å². The van der Waals surface area contributed by atoms with E-state index in [0.717, 1.165) is 0 Å². The number of ether oxygens (including phenoxy) is 1. The number of hydrogen-bond acceptors (Lipinski definition) is 4. The van der Waals surface area contributed by atoms with E-state index in [0.29, 0.717) is 21.9 Å². The average Bonchev–Trinajstić information content (AvgIpc) is 3.32. The second-order valence-electron chi connectivity index (χ2n) is 8.21. The Kier molecular flexibility index (Phi) is 8.36. The van der Waals surface area contributed by atoms with Gasteiger partial charge in [-0.1, -0.05) is 71.7 Å². The Morgan fingerprint density at radius 2 is 1.69 bits per heavy atom. The summed E-state index contributed by atoms with van der Waals surface area (Å²) in [4.78, 5) is 28.2. The molecule has 3 aromatic carbocycles. The van der Waals surface area contributed by atoms with Crippen LogP contribution >= 0.6 is 23.2 Å². The molecule has 0 aliphatic carbocycles. The lowest BCUT2D eigenvalue weighted by Gasteiger charge is -2.27. The molecule has 0 saturated heterocycles. The van der Waals surface area contributed by atoms with Gasteiger partial charge in [0, 0.05) is 36.2 Å². The molecule has 0 radical (unpaired) electrons. The smallest absolute Gasteiger partial charge is 0.262 e. The topological polar surface area (TPSA) is 62.2 Å². The van der Waals surface area contributed by atoms with Crippen LogP contribution in [0.4, 0.5) is 4.39 Å². The number of hydrazone groups is 1. The standard InChI is InChI=1S/C27H24Cl2FN3O3/c1-36-15-14-32(27(35)19-9-3-6-12-22(19)29)17-26(34)33-25(20-10-4-7-13-23(20)30)16-24(31-33)18-8-2-5-11-21(18)28/h2-13,25H,14-17H2,1H3/t25-/m1/s1. The van der Waals surface area contributed by atoms with Gasteiger partial charge in [-0.2, -0.15) is 5.10 Å². The summed E-state index contributed by atoms with van der Waals surface area (Å²) >= 11 is 12.6. The first-order valence-corrected chi connectivity index (χ1v) is 12.1. The molecule has 9 heteroatoms. The van der Waals surface area contributed by atoms with Gasteiger partial charge in [0.25, 0.3) is 11.8 Å². The summed E-state index contributed by atoms with van der Waals surface area (Å²) in [5.74, 6) is -1.33. The van der Waals surface area contributed by atoms with Gasteiger partial charge in [-0.25, -0.2) is 9.40 Å². The number of benzene rings is 3. The van der Waals surface area contributed by atoms with Crippen LogP contribution in [0.15, 0.2) is 77.9 Å². The fourth-order valence-electron chi connectivity index (χ4n) is 4.08. The van der Waals surface area contributed by atoms with Crippen molar-refractivity contribution in [2.24, 2.45) is 5.10 Å². The summed E-state index contributed by atoms with van der Waals surface area (Å²) in [6.07, 6.45) is 0.271. The monoisotopic (exact) mass is 527 g/mol. The molecule has 36 heavy (non-hydrogen) atoms. The second-order valence-corrected chi connectivity index (χ2v) is 9.02. The Hall–Kier alpha value is -3.26. The lowest BCUT2D eigenvalue weighted by atomic mass is 9.98. The van der Waals surface area contributed by atoms with Crippen molar-refractivity contribution in [2.45, 2.75) is 12.5 Å². The molecule has 0 unspecified atom stereocenters. The van der Waals surface area contributed by atoms with Crippen molar-refractivity contribution >= 4 is 40.7 Å². The molecule has 0 N–H and O–H groups in total. The maximum atomic E-state index is 14.8. The average molecular weight is 528 g/mol. The highest BCUT2D eigenvalue weighted by atomic mass is 35.5. The zero-order chi connectivity index (χ0) is 25.7. The SMILES string of the molecule is COCCN(CC(=O)N1N=C(c2ccccc2Cl)C[C@@H]1c1ccccc1F)C(=O)c1ccccc1Cl. The number of carbonyl (C=O) groups is 2. The van der Waals surface area contributed by atoms with Gasteiger partial charge >= 0.3 is 0 Å². The van der Waals surface area contributed by atoms with Crippen molar-refractivity contribution in [2.75, 3.05) is 26.8 Å². The number of rotatable bonds is 8. The predicted molar refractivity (Wildman–Crippen MR) is 138 cm³/mol. The van der Waals surface area contributed by atoms with Gasteiger partial charge in [-0.05, 0) is 24.3 Å². The normalized spacial score (nSPS) is 15.1. The minimum absolute atomic E-state index is 0.158.